The molecule has 0 atom stereocenters. The summed E-state index contributed by atoms with van der Waals surface area (Å²) in [6.45, 7) is 6.30. The predicted octanol–water partition coefficient (Wildman–Crippen LogP) is 0.0346. The van der Waals surface area contributed by atoms with Gasteiger partial charge in [-0.15, -0.1) is 16.8 Å². The molecule has 0 N–H and O–H groups in total. The van der Waals surface area contributed by atoms with Crippen molar-refractivity contribution in [3.63, 3.8) is 0 Å². The maximum absolute atomic E-state index is 10.8. The van der Waals surface area contributed by atoms with Crippen LogP contribution in [-0.2, 0) is 23.9 Å². The van der Waals surface area contributed by atoms with E-state index in [0.717, 1.165) is 12.2 Å². The van der Waals surface area contributed by atoms with Crippen LogP contribution in [0.5, 0.6) is 0 Å². The molecular weight excluding hydrogens is 216 g/mol. The standard InChI is InChI=1S/C6H10O5S2/c1-3-5-12(7,8)11-13(9,10)6-4-2/h3-4H,1-2,5-6H2. The van der Waals surface area contributed by atoms with Gasteiger partial charge >= 0.3 is 0 Å². The first kappa shape index (κ1) is 12.3. The lowest BCUT2D eigenvalue weighted by molar-refractivity contribution is 0.466. The molecule has 0 rings (SSSR count). The molecule has 0 aromatic carbocycles. The molecule has 5 nitrogen and oxygen atoms in total. The molecule has 0 radical (unpaired) electrons. The Bertz CT molecular complexity index is 337. The van der Waals surface area contributed by atoms with E-state index in [1.807, 2.05) is 0 Å². The number of hydrogen-bond donors (Lipinski definition) is 0. The van der Waals surface area contributed by atoms with Gasteiger partial charge in [-0.1, -0.05) is 12.2 Å². The Hall–Kier alpha value is -0.660. The van der Waals surface area contributed by atoms with Crippen molar-refractivity contribution >= 4 is 20.2 Å². The molecule has 7 heteroatoms. The number of hydrogen-bond acceptors (Lipinski definition) is 5. The van der Waals surface area contributed by atoms with Crippen LogP contribution in [0, 0.1) is 0 Å². The van der Waals surface area contributed by atoms with Gasteiger partial charge in [0, 0.05) is 0 Å². The molecule has 13 heavy (non-hydrogen) atoms. The lowest BCUT2D eigenvalue weighted by Gasteiger charge is -2.01. The minimum absolute atomic E-state index is 0.538. The van der Waals surface area contributed by atoms with Crippen molar-refractivity contribution in [1.82, 2.24) is 0 Å². The third-order valence-electron chi connectivity index (χ3n) is 0.851. The van der Waals surface area contributed by atoms with Gasteiger partial charge in [0.1, 0.15) is 0 Å². The molecule has 0 aromatic heterocycles. The zero-order valence-electron chi connectivity index (χ0n) is 6.84. The van der Waals surface area contributed by atoms with E-state index >= 15 is 0 Å². The van der Waals surface area contributed by atoms with Crippen molar-refractivity contribution in [2.24, 2.45) is 0 Å². The Labute approximate surface area is 78.0 Å². The summed E-state index contributed by atoms with van der Waals surface area (Å²) in [6.07, 6.45) is 2.08. The Morgan fingerprint density at radius 3 is 1.46 bits per heavy atom. The molecule has 0 bridgehead atoms. The van der Waals surface area contributed by atoms with Gasteiger partial charge < -0.3 is 0 Å². The van der Waals surface area contributed by atoms with Crippen molar-refractivity contribution in [3.05, 3.63) is 25.3 Å². The van der Waals surface area contributed by atoms with Crippen LogP contribution in [0.3, 0.4) is 0 Å². The minimum atomic E-state index is -4.07. The van der Waals surface area contributed by atoms with Gasteiger partial charge in [-0.3, -0.25) is 0 Å². The highest BCUT2D eigenvalue weighted by Gasteiger charge is 2.19. The predicted molar refractivity (Wildman–Crippen MR) is 49.1 cm³/mol. The van der Waals surface area contributed by atoms with Crippen molar-refractivity contribution in [2.75, 3.05) is 11.5 Å². The summed E-state index contributed by atoms with van der Waals surface area (Å²) in [5.74, 6) is -1.08. The van der Waals surface area contributed by atoms with Gasteiger partial charge in [-0.05, 0) is 0 Å². The van der Waals surface area contributed by atoms with E-state index in [1.165, 1.54) is 0 Å². The number of rotatable bonds is 6. The monoisotopic (exact) mass is 226 g/mol. The van der Waals surface area contributed by atoms with E-state index in [2.05, 4.69) is 16.8 Å². The van der Waals surface area contributed by atoms with E-state index in [1.54, 1.807) is 0 Å². The highest BCUT2D eigenvalue weighted by atomic mass is 32.3. The Kier molecular flexibility index (Phi) is 4.31. The van der Waals surface area contributed by atoms with E-state index in [0.29, 0.717) is 0 Å². The van der Waals surface area contributed by atoms with Gasteiger partial charge in [-0.25, -0.2) is 0 Å². The van der Waals surface area contributed by atoms with Crippen LogP contribution in [0.2, 0.25) is 0 Å². The lowest BCUT2D eigenvalue weighted by Crippen LogP contribution is -2.17. The van der Waals surface area contributed by atoms with Crippen molar-refractivity contribution < 1.29 is 20.5 Å². The summed E-state index contributed by atoms with van der Waals surface area (Å²) >= 11 is 0. The van der Waals surface area contributed by atoms with E-state index in [-0.39, 0.29) is 0 Å². The van der Waals surface area contributed by atoms with Crippen molar-refractivity contribution in [3.8, 4) is 0 Å². The van der Waals surface area contributed by atoms with Gasteiger partial charge in [0.25, 0.3) is 20.2 Å². The average molecular weight is 226 g/mol. The molecule has 0 saturated carbocycles. The summed E-state index contributed by atoms with van der Waals surface area (Å²) in [7, 11) is -8.13. The molecular formula is C6H10O5S2. The van der Waals surface area contributed by atoms with Crippen LogP contribution in [0.25, 0.3) is 0 Å². The lowest BCUT2D eigenvalue weighted by atomic mass is 10.8. The van der Waals surface area contributed by atoms with Crippen LogP contribution >= 0.6 is 0 Å². The van der Waals surface area contributed by atoms with Crippen LogP contribution in [-0.4, -0.2) is 28.3 Å². The van der Waals surface area contributed by atoms with Gasteiger partial charge in [0.15, 0.2) is 0 Å². The molecule has 0 aliphatic carbocycles. The third kappa shape index (κ3) is 5.56. The molecule has 0 heterocycles. The first-order chi connectivity index (χ1) is 5.83. The second-order valence-corrected chi connectivity index (χ2v) is 5.54. The molecule has 0 aliphatic heterocycles. The van der Waals surface area contributed by atoms with Gasteiger partial charge in [0.2, 0.25) is 0 Å². The van der Waals surface area contributed by atoms with Gasteiger partial charge in [-0.2, -0.15) is 16.8 Å². The van der Waals surface area contributed by atoms with Crippen LogP contribution in [0.4, 0.5) is 0 Å². The fraction of sp³-hybridized carbons (Fsp3) is 0.333. The molecule has 0 aliphatic rings. The molecule has 0 saturated heterocycles. The summed E-state index contributed by atoms with van der Waals surface area (Å²) in [5, 5.41) is 0. The summed E-state index contributed by atoms with van der Waals surface area (Å²) in [5.41, 5.74) is 0. The normalized spacial score (nSPS) is 12.3. The Morgan fingerprint density at radius 2 is 1.23 bits per heavy atom. The Balaban J connectivity index is 4.62. The zero-order valence-corrected chi connectivity index (χ0v) is 8.47. The Morgan fingerprint density at radius 1 is 0.923 bits per heavy atom. The molecule has 0 spiro atoms. The van der Waals surface area contributed by atoms with Crippen LogP contribution < -0.4 is 0 Å². The fourth-order valence-corrected chi connectivity index (χ4v) is 2.79. The first-order valence-corrected chi connectivity index (χ1v) is 6.37. The highest BCUT2D eigenvalue weighted by Crippen LogP contribution is 2.02. The molecule has 0 unspecified atom stereocenters. The zero-order chi connectivity index (χ0) is 10.5. The van der Waals surface area contributed by atoms with Crippen molar-refractivity contribution in [2.45, 2.75) is 0 Å². The fourth-order valence-electron chi connectivity index (χ4n) is 0.502. The maximum Gasteiger partial charge on any atom is 0.285 e. The van der Waals surface area contributed by atoms with E-state index < -0.39 is 31.7 Å². The van der Waals surface area contributed by atoms with Crippen LogP contribution in [0.1, 0.15) is 0 Å². The van der Waals surface area contributed by atoms with E-state index in [4.69, 9.17) is 0 Å². The summed E-state index contributed by atoms with van der Waals surface area (Å²) < 4.78 is 47.2. The summed E-state index contributed by atoms with van der Waals surface area (Å²) in [6, 6.07) is 0. The largest absolute Gasteiger partial charge is 0.285 e. The topological polar surface area (TPSA) is 77.5 Å². The maximum atomic E-state index is 10.8. The molecule has 0 amide bonds. The second kappa shape index (κ2) is 4.54. The van der Waals surface area contributed by atoms with Crippen LogP contribution in [0.15, 0.2) is 25.3 Å². The van der Waals surface area contributed by atoms with E-state index in [9.17, 15) is 16.8 Å². The second-order valence-electron chi connectivity index (χ2n) is 2.09. The minimum Gasteiger partial charge on any atom is -0.198 e. The molecule has 76 valence electrons. The average Bonchev–Trinajstić information content (AvgIpc) is 1.82. The highest BCUT2D eigenvalue weighted by molar-refractivity contribution is 8.00. The molecule has 0 aromatic rings. The van der Waals surface area contributed by atoms with Crippen molar-refractivity contribution in [1.29, 1.82) is 0 Å². The first-order valence-electron chi connectivity index (χ1n) is 3.21. The SMILES string of the molecule is C=CCS(=O)(=O)OS(=O)(=O)CC=C. The summed E-state index contributed by atoms with van der Waals surface area (Å²) in [4.78, 5) is 0. The smallest absolute Gasteiger partial charge is 0.198 e. The molecule has 0 fully saturated rings. The third-order valence-corrected chi connectivity index (χ3v) is 3.80. The van der Waals surface area contributed by atoms with Gasteiger partial charge in [0.05, 0.1) is 11.5 Å². The quantitative estimate of drug-likeness (QED) is 0.597.